The monoisotopic (exact) mass is 424 g/mol. The van der Waals surface area contributed by atoms with Crippen molar-refractivity contribution in [3.05, 3.63) is 12.5 Å². The van der Waals surface area contributed by atoms with Gasteiger partial charge in [-0.25, -0.2) is 0 Å². The maximum Gasteiger partial charge on any atom is 0.310 e. The molecule has 0 spiro atoms. The van der Waals surface area contributed by atoms with Crippen LogP contribution in [0.2, 0.25) is 0 Å². The standard InChI is InChI=1S/C26H48O4/c1-3-5-7-9-11-13-15-17-19-21-25(27)29-23-24-30-26(28)22-20-18-16-14-12-10-8-6-4-2/h23-24H,3-22H2,1-2H3. The van der Waals surface area contributed by atoms with Crippen molar-refractivity contribution >= 4 is 11.9 Å². The fraction of sp³-hybridized carbons (Fsp3) is 0.846. The summed E-state index contributed by atoms with van der Waals surface area (Å²) in [5, 5.41) is 0. The van der Waals surface area contributed by atoms with Gasteiger partial charge in [-0.15, -0.1) is 0 Å². The van der Waals surface area contributed by atoms with E-state index in [4.69, 9.17) is 9.47 Å². The molecule has 0 fully saturated rings. The predicted octanol–water partition coefficient (Wildman–Crippen LogP) is 8.39. The third-order valence-corrected chi connectivity index (χ3v) is 5.42. The first kappa shape index (κ1) is 28.7. The number of esters is 2. The molecule has 0 saturated heterocycles. The van der Waals surface area contributed by atoms with Crippen LogP contribution in [0.3, 0.4) is 0 Å². The lowest BCUT2D eigenvalue weighted by molar-refractivity contribution is -0.141. The predicted molar refractivity (Wildman–Crippen MR) is 125 cm³/mol. The zero-order valence-electron chi connectivity index (χ0n) is 19.9. The fourth-order valence-electron chi connectivity index (χ4n) is 3.49. The molecule has 30 heavy (non-hydrogen) atoms. The Balaban J connectivity index is 3.40. The van der Waals surface area contributed by atoms with E-state index in [9.17, 15) is 9.59 Å². The summed E-state index contributed by atoms with van der Waals surface area (Å²) in [5.41, 5.74) is 0. The van der Waals surface area contributed by atoms with E-state index in [2.05, 4.69) is 13.8 Å². The normalized spacial score (nSPS) is 11.1. The first-order chi connectivity index (χ1) is 14.7. The number of carbonyl (C=O) groups is 2. The Morgan fingerprint density at radius 2 is 0.733 bits per heavy atom. The molecule has 0 bridgehead atoms. The summed E-state index contributed by atoms with van der Waals surface area (Å²) in [6, 6.07) is 0. The maximum absolute atomic E-state index is 11.6. The quantitative estimate of drug-likeness (QED) is 0.0994. The molecule has 0 amide bonds. The van der Waals surface area contributed by atoms with Crippen molar-refractivity contribution in [2.75, 3.05) is 0 Å². The maximum atomic E-state index is 11.6. The second-order valence-corrected chi connectivity index (χ2v) is 8.41. The Morgan fingerprint density at radius 3 is 1.03 bits per heavy atom. The lowest BCUT2D eigenvalue weighted by Gasteiger charge is -2.02. The zero-order valence-corrected chi connectivity index (χ0v) is 19.9. The van der Waals surface area contributed by atoms with Crippen LogP contribution >= 0.6 is 0 Å². The van der Waals surface area contributed by atoms with Gasteiger partial charge in [-0.3, -0.25) is 9.59 Å². The minimum absolute atomic E-state index is 0.260. The first-order valence-corrected chi connectivity index (χ1v) is 12.7. The second kappa shape index (κ2) is 24.0. The van der Waals surface area contributed by atoms with E-state index in [0.717, 1.165) is 25.7 Å². The Hall–Kier alpha value is -1.32. The van der Waals surface area contributed by atoms with Gasteiger partial charge in [0.1, 0.15) is 12.5 Å². The Kier molecular flexibility index (Phi) is 22.9. The molecule has 0 aromatic heterocycles. The summed E-state index contributed by atoms with van der Waals surface area (Å²) >= 11 is 0. The fourth-order valence-corrected chi connectivity index (χ4v) is 3.49. The number of hydrogen-bond acceptors (Lipinski definition) is 4. The van der Waals surface area contributed by atoms with Crippen LogP contribution in [0.25, 0.3) is 0 Å². The molecule has 0 aliphatic heterocycles. The summed E-state index contributed by atoms with van der Waals surface area (Å²) in [4.78, 5) is 23.3. The summed E-state index contributed by atoms with van der Waals surface area (Å²) in [6.45, 7) is 4.47. The highest BCUT2D eigenvalue weighted by molar-refractivity contribution is 5.70. The molecule has 0 aliphatic rings. The third kappa shape index (κ3) is 23.0. The molecule has 0 heterocycles. The van der Waals surface area contributed by atoms with E-state index in [1.165, 1.54) is 102 Å². The molecule has 4 heteroatoms. The molecular formula is C26H48O4. The molecule has 0 rings (SSSR count). The summed E-state index contributed by atoms with van der Waals surface area (Å²) in [7, 11) is 0. The van der Waals surface area contributed by atoms with E-state index in [1.54, 1.807) is 0 Å². The molecule has 0 aromatic carbocycles. The molecule has 0 aromatic rings. The van der Waals surface area contributed by atoms with Gasteiger partial charge in [0.05, 0.1) is 0 Å². The Labute approximate surface area is 186 Å². The van der Waals surface area contributed by atoms with E-state index < -0.39 is 0 Å². The van der Waals surface area contributed by atoms with Crippen molar-refractivity contribution in [1.29, 1.82) is 0 Å². The zero-order chi connectivity index (χ0) is 22.1. The average molecular weight is 425 g/mol. The van der Waals surface area contributed by atoms with Crippen LogP contribution in [0.15, 0.2) is 12.5 Å². The van der Waals surface area contributed by atoms with Crippen molar-refractivity contribution in [1.82, 2.24) is 0 Å². The van der Waals surface area contributed by atoms with Crippen LogP contribution in [-0.2, 0) is 19.1 Å². The van der Waals surface area contributed by atoms with Gasteiger partial charge in [0, 0.05) is 12.8 Å². The van der Waals surface area contributed by atoms with E-state index in [-0.39, 0.29) is 11.9 Å². The molecule has 4 nitrogen and oxygen atoms in total. The van der Waals surface area contributed by atoms with Crippen LogP contribution in [0.1, 0.15) is 142 Å². The molecule has 0 atom stereocenters. The Bertz CT molecular complexity index is 379. The van der Waals surface area contributed by atoms with Crippen molar-refractivity contribution in [3.8, 4) is 0 Å². The minimum Gasteiger partial charge on any atom is -0.431 e. The number of ether oxygens (including phenoxy) is 2. The van der Waals surface area contributed by atoms with Crippen molar-refractivity contribution in [3.63, 3.8) is 0 Å². The lowest BCUT2D eigenvalue weighted by atomic mass is 10.1. The van der Waals surface area contributed by atoms with E-state index in [1.807, 2.05) is 0 Å². The van der Waals surface area contributed by atoms with Gasteiger partial charge in [0.2, 0.25) is 0 Å². The van der Waals surface area contributed by atoms with E-state index in [0.29, 0.717) is 12.8 Å². The molecule has 0 saturated carbocycles. The van der Waals surface area contributed by atoms with Gasteiger partial charge in [0.15, 0.2) is 0 Å². The molecule has 0 radical (unpaired) electrons. The molecule has 0 aliphatic carbocycles. The van der Waals surface area contributed by atoms with Gasteiger partial charge in [0.25, 0.3) is 0 Å². The average Bonchev–Trinajstić information content (AvgIpc) is 2.74. The van der Waals surface area contributed by atoms with E-state index >= 15 is 0 Å². The smallest absolute Gasteiger partial charge is 0.310 e. The molecule has 176 valence electrons. The second-order valence-electron chi connectivity index (χ2n) is 8.41. The molecule has 0 unspecified atom stereocenters. The topological polar surface area (TPSA) is 52.6 Å². The molecular weight excluding hydrogens is 376 g/mol. The van der Waals surface area contributed by atoms with Crippen LogP contribution < -0.4 is 0 Å². The lowest BCUT2D eigenvalue weighted by Crippen LogP contribution is -2.01. The van der Waals surface area contributed by atoms with Crippen LogP contribution in [0.5, 0.6) is 0 Å². The Morgan fingerprint density at radius 1 is 0.467 bits per heavy atom. The van der Waals surface area contributed by atoms with Crippen molar-refractivity contribution in [2.24, 2.45) is 0 Å². The summed E-state index contributed by atoms with van der Waals surface area (Å²) < 4.78 is 9.93. The van der Waals surface area contributed by atoms with Crippen LogP contribution in [-0.4, -0.2) is 11.9 Å². The van der Waals surface area contributed by atoms with Gasteiger partial charge >= 0.3 is 11.9 Å². The van der Waals surface area contributed by atoms with Gasteiger partial charge in [-0.1, -0.05) is 117 Å². The highest BCUT2D eigenvalue weighted by atomic mass is 16.6. The summed E-state index contributed by atoms with van der Waals surface area (Å²) in [5.74, 6) is -0.520. The highest BCUT2D eigenvalue weighted by Gasteiger charge is 2.03. The summed E-state index contributed by atoms with van der Waals surface area (Å²) in [6.07, 6.45) is 25.2. The number of unbranched alkanes of at least 4 members (excludes halogenated alkanes) is 16. The van der Waals surface area contributed by atoms with Gasteiger partial charge in [-0.2, -0.15) is 0 Å². The largest absolute Gasteiger partial charge is 0.431 e. The SMILES string of the molecule is CCCCCCCCCCCC(=O)OC=COC(=O)CCCCCCCCCCC. The van der Waals surface area contributed by atoms with Crippen LogP contribution in [0, 0.1) is 0 Å². The minimum atomic E-state index is -0.260. The van der Waals surface area contributed by atoms with Crippen molar-refractivity contribution in [2.45, 2.75) is 142 Å². The van der Waals surface area contributed by atoms with Gasteiger partial charge < -0.3 is 9.47 Å². The number of hydrogen-bond donors (Lipinski definition) is 0. The van der Waals surface area contributed by atoms with Gasteiger partial charge in [-0.05, 0) is 12.8 Å². The molecule has 0 N–H and O–H groups in total. The number of rotatable bonds is 22. The van der Waals surface area contributed by atoms with Crippen LogP contribution in [0.4, 0.5) is 0 Å². The first-order valence-electron chi connectivity index (χ1n) is 12.7. The number of carbonyl (C=O) groups excluding carboxylic acids is 2. The third-order valence-electron chi connectivity index (χ3n) is 5.42. The van der Waals surface area contributed by atoms with Crippen molar-refractivity contribution < 1.29 is 19.1 Å². The highest BCUT2D eigenvalue weighted by Crippen LogP contribution is 2.12.